The van der Waals surface area contributed by atoms with E-state index >= 15 is 0 Å². The van der Waals surface area contributed by atoms with Crippen LogP contribution in [0.1, 0.15) is 162 Å². The van der Waals surface area contributed by atoms with Crippen molar-refractivity contribution >= 4 is 17.9 Å². The number of quaternary nitrogens is 1. The fourth-order valence-corrected chi connectivity index (χ4v) is 6.19. The number of carbonyl (C=O) groups is 3. The number of rotatable bonds is 40. The number of hydrogen-bond donors (Lipinski definition) is 0. The molecule has 0 amide bonds. The summed E-state index contributed by atoms with van der Waals surface area (Å²) in [5, 5.41) is 11.6. The van der Waals surface area contributed by atoms with E-state index in [1.807, 2.05) is 12.2 Å². The molecular weight excluding hydrogens is 751 g/mol. The third kappa shape index (κ3) is 39.7. The smallest absolute Gasteiger partial charge is 0.306 e. The molecule has 0 aromatic carbocycles. The molecule has 0 heterocycles. The van der Waals surface area contributed by atoms with Gasteiger partial charge in [-0.2, -0.15) is 0 Å². The first-order valence-electron chi connectivity index (χ1n) is 23.3. The van der Waals surface area contributed by atoms with Crippen LogP contribution in [0.2, 0.25) is 0 Å². The van der Waals surface area contributed by atoms with Crippen molar-refractivity contribution in [3.63, 3.8) is 0 Å². The Bertz CT molecular complexity index is 1300. The van der Waals surface area contributed by atoms with Gasteiger partial charge in [-0.3, -0.25) is 9.59 Å². The van der Waals surface area contributed by atoms with Crippen molar-refractivity contribution in [2.24, 2.45) is 0 Å². The van der Waals surface area contributed by atoms with Gasteiger partial charge in [0.15, 0.2) is 6.10 Å². The Kier molecular flexibility index (Phi) is 39.3. The topological polar surface area (TPSA) is 102 Å². The monoisotopic (exact) mass is 836 g/mol. The highest BCUT2D eigenvalue weighted by atomic mass is 16.6. The van der Waals surface area contributed by atoms with Crippen LogP contribution in [0, 0.1) is 0 Å². The number of esters is 2. The lowest BCUT2D eigenvalue weighted by atomic mass is 10.1. The number of carboxylic acid groups (broad SMARTS) is 1. The van der Waals surface area contributed by atoms with Gasteiger partial charge in [-0.1, -0.05) is 162 Å². The summed E-state index contributed by atoms with van der Waals surface area (Å²) in [5.74, 6) is -1.86. The molecule has 0 N–H and O–H groups in total. The van der Waals surface area contributed by atoms with Gasteiger partial charge < -0.3 is 28.6 Å². The van der Waals surface area contributed by atoms with E-state index in [0.29, 0.717) is 12.8 Å². The maximum absolute atomic E-state index is 12.7. The van der Waals surface area contributed by atoms with E-state index in [4.69, 9.17) is 14.2 Å². The predicted octanol–water partition coefficient (Wildman–Crippen LogP) is 11.7. The average molecular weight is 836 g/mol. The average Bonchev–Trinajstić information content (AvgIpc) is 3.21. The molecule has 8 heteroatoms. The Hall–Kier alpha value is -3.75. The van der Waals surface area contributed by atoms with Crippen molar-refractivity contribution in [3.8, 4) is 0 Å². The van der Waals surface area contributed by atoms with Gasteiger partial charge in [-0.05, 0) is 77.0 Å². The molecule has 0 rings (SSSR count). The zero-order chi connectivity index (χ0) is 44.2. The summed E-state index contributed by atoms with van der Waals surface area (Å²) in [5.41, 5.74) is 0. The molecule has 340 valence electrons. The van der Waals surface area contributed by atoms with Gasteiger partial charge >= 0.3 is 11.9 Å². The van der Waals surface area contributed by atoms with Crippen LogP contribution in [0.4, 0.5) is 0 Å². The van der Waals surface area contributed by atoms with Gasteiger partial charge in [0.25, 0.3) is 0 Å². The van der Waals surface area contributed by atoms with Gasteiger partial charge in [0, 0.05) is 19.3 Å². The molecule has 2 atom stereocenters. The molecule has 0 radical (unpaired) electrons. The van der Waals surface area contributed by atoms with Gasteiger partial charge in [-0.15, -0.1) is 0 Å². The third-order valence-electron chi connectivity index (χ3n) is 9.73. The summed E-state index contributed by atoms with van der Waals surface area (Å²) < 4.78 is 17.1. The fraction of sp³-hybridized carbons (Fsp3) is 0.635. The van der Waals surface area contributed by atoms with E-state index in [1.165, 1.54) is 51.4 Å². The Morgan fingerprint density at radius 3 is 1.37 bits per heavy atom. The molecule has 0 fully saturated rings. The number of carbonyl (C=O) groups excluding carboxylic acids is 3. The van der Waals surface area contributed by atoms with Crippen molar-refractivity contribution in [1.29, 1.82) is 0 Å². The minimum Gasteiger partial charge on any atom is -0.544 e. The van der Waals surface area contributed by atoms with E-state index in [0.717, 1.165) is 70.6 Å². The largest absolute Gasteiger partial charge is 0.544 e. The lowest BCUT2D eigenvalue weighted by molar-refractivity contribution is -0.889. The molecule has 0 aliphatic heterocycles. The van der Waals surface area contributed by atoms with E-state index in [2.05, 4.69) is 98.9 Å². The molecule has 0 spiro atoms. The van der Waals surface area contributed by atoms with Crippen LogP contribution in [0.25, 0.3) is 0 Å². The zero-order valence-electron chi connectivity index (χ0n) is 38.6. The summed E-state index contributed by atoms with van der Waals surface area (Å²) >= 11 is 0. The first-order valence-corrected chi connectivity index (χ1v) is 23.3. The first kappa shape index (κ1) is 56.2. The molecule has 0 aromatic rings. The molecular formula is C52H85NO7. The normalized spacial score (nSPS) is 13.8. The Balaban J connectivity index is 4.40. The molecule has 0 aliphatic rings. The van der Waals surface area contributed by atoms with Crippen LogP contribution in [0.15, 0.2) is 97.2 Å². The highest BCUT2D eigenvalue weighted by Crippen LogP contribution is 2.13. The number of ether oxygens (including phenoxy) is 3. The lowest BCUT2D eigenvalue weighted by Gasteiger charge is -2.34. The lowest BCUT2D eigenvalue weighted by Crippen LogP contribution is -2.55. The maximum Gasteiger partial charge on any atom is 0.306 e. The summed E-state index contributed by atoms with van der Waals surface area (Å²) in [6.07, 6.45) is 55.9. The van der Waals surface area contributed by atoms with E-state index in [9.17, 15) is 19.5 Å². The van der Waals surface area contributed by atoms with Gasteiger partial charge in [0.2, 0.25) is 0 Å². The van der Waals surface area contributed by atoms with Crippen molar-refractivity contribution < 1.29 is 38.2 Å². The summed E-state index contributed by atoms with van der Waals surface area (Å²) in [7, 11) is 5.37. The quantitative estimate of drug-likeness (QED) is 0.0262. The van der Waals surface area contributed by atoms with Crippen LogP contribution in [0.3, 0.4) is 0 Å². The van der Waals surface area contributed by atoms with Crippen LogP contribution in [-0.4, -0.2) is 75.5 Å². The van der Waals surface area contributed by atoms with Crippen molar-refractivity contribution in [1.82, 2.24) is 0 Å². The SMILES string of the molecule is CC/C=C/C/C=C/C/C=C/C/C=C/C/C=C/CCC(=O)OC(COCCC(C(=O)[O-])[N+](C)(C)C)COC(=O)CCCCCCCCCCCC/C=C/C/C=C/C/C=C/CC. The number of carboxylic acids is 1. The standard InChI is InChI=1S/C52H85NO7/c1-6-8-10-12-14-16-18-20-22-24-25-26-27-29-30-32-34-36-38-40-42-50(54)59-47-48(46-58-45-44-49(52(56)57)53(3,4)5)60-51(55)43-41-39-37-35-33-31-28-23-21-19-17-15-13-11-9-7-2/h8-11,14-17,20-23,31,33,37,39,48-49H,6-7,12-13,18-19,24-30,32,34-36,38,40-47H2,1-5H3/b10-8+,11-9+,16-14+,17-15+,22-20+,23-21+,33-31+,39-37+. The van der Waals surface area contributed by atoms with E-state index in [-0.39, 0.29) is 43.1 Å². The van der Waals surface area contributed by atoms with Gasteiger partial charge in [0.1, 0.15) is 12.6 Å². The maximum atomic E-state index is 12.7. The van der Waals surface area contributed by atoms with Crippen molar-refractivity contribution in [2.75, 3.05) is 41.0 Å². The second kappa shape index (κ2) is 42.0. The number of hydrogen-bond acceptors (Lipinski definition) is 7. The van der Waals surface area contributed by atoms with Crippen molar-refractivity contribution in [3.05, 3.63) is 97.2 Å². The number of aliphatic carboxylic acids is 1. The van der Waals surface area contributed by atoms with Crippen LogP contribution in [0.5, 0.6) is 0 Å². The molecule has 0 aromatic heterocycles. The second-order valence-corrected chi connectivity index (χ2v) is 16.2. The van der Waals surface area contributed by atoms with Crippen molar-refractivity contribution in [2.45, 2.75) is 174 Å². The van der Waals surface area contributed by atoms with Crippen LogP contribution < -0.4 is 5.11 Å². The summed E-state index contributed by atoms with van der Waals surface area (Å²) in [6, 6.07) is -0.744. The number of nitrogens with zero attached hydrogens (tertiary/aromatic N) is 1. The van der Waals surface area contributed by atoms with E-state index in [1.54, 1.807) is 21.1 Å². The molecule has 0 aliphatic carbocycles. The Labute approximate surface area is 366 Å². The molecule has 0 saturated carbocycles. The Morgan fingerprint density at radius 2 is 0.917 bits per heavy atom. The highest BCUT2D eigenvalue weighted by Gasteiger charge is 2.25. The van der Waals surface area contributed by atoms with Crippen LogP contribution >= 0.6 is 0 Å². The molecule has 60 heavy (non-hydrogen) atoms. The van der Waals surface area contributed by atoms with Gasteiger partial charge in [-0.25, -0.2) is 0 Å². The van der Waals surface area contributed by atoms with E-state index < -0.39 is 24.1 Å². The molecule has 8 nitrogen and oxygen atoms in total. The Morgan fingerprint density at radius 1 is 0.500 bits per heavy atom. The minimum absolute atomic E-state index is 0.00406. The predicted molar refractivity (Wildman–Crippen MR) is 249 cm³/mol. The number of allylic oxidation sites excluding steroid dienone is 16. The molecule has 0 saturated heterocycles. The first-order chi connectivity index (χ1) is 29.1. The highest BCUT2D eigenvalue weighted by molar-refractivity contribution is 5.70. The molecule has 0 bridgehead atoms. The third-order valence-corrected chi connectivity index (χ3v) is 9.73. The molecule has 2 unspecified atom stereocenters. The number of likely N-dealkylation sites (N-methyl/N-ethyl adjacent to an activating group) is 1. The second-order valence-electron chi connectivity index (χ2n) is 16.2. The summed E-state index contributed by atoms with van der Waals surface area (Å²) in [4.78, 5) is 36.9. The zero-order valence-corrected chi connectivity index (χ0v) is 38.6. The van der Waals surface area contributed by atoms with Gasteiger partial charge in [0.05, 0.1) is 40.3 Å². The minimum atomic E-state index is -1.14. The van der Waals surface area contributed by atoms with Crippen LogP contribution in [-0.2, 0) is 28.6 Å². The number of unbranched alkanes of at least 4 members (excludes halogenated alkanes) is 10. The fourth-order valence-electron chi connectivity index (χ4n) is 6.19. The summed E-state index contributed by atoms with van der Waals surface area (Å²) in [6.45, 7) is 4.34.